The number of pyridine rings is 1. The molecule has 3 aliphatic heterocycles. The summed E-state index contributed by atoms with van der Waals surface area (Å²) < 4.78 is 17.7. The Morgan fingerprint density at radius 2 is 1.97 bits per heavy atom. The van der Waals surface area contributed by atoms with Crippen LogP contribution in [0.4, 0.5) is 0 Å². The van der Waals surface area contributed by atoms with Gasteiger partial charge >= 0.3 is 0 Å². The summed E-state index contributed by atoms with van der Waals surface area (Å²) in [5.74, 6) is 0.789. The molecule has 0 unspecified atom stereocenters. The zero-order chi connectivity index (χ0) is 20.0. The van der Waals surface area contributed by atoms with Crippen LogP contribution >= 0.6 is 0 Å². The molecule has 29 heavy (non-hydrogen) atoms. The molecule has 3 aliphatic rings. The van der Waals surface area contributed by atoms with Gasteiger partial charge in [0.25, 0.3) is 0 Å². The molecule has 0 bridgehead atoms. The number of epoxide rings is 1. The van der Waals surface area contributed by atoms with E-state index in [1.165, 1.54) is 0 Å². The van der Waals surface area contributed by atoms with Crippen LogP contribution < -0.4 is 4.74 Å². The van der Waals surface area contributed by atoms with Crippen LogP contribution in [0.15, 0.2) is 48.8 Å². The maximum Gasteiger partial charge on any atom is 0.228 e. The molecule has 4 atom stereocenters. The van der Waals surface area contributed by atoms with E-state index in [2.05, 4.69) is 4.98 Å². The zero-order valence-corrected chi connectivity index (χ0v) is 16.8. The predicted molar refractivity (Wildman–Crippen MR) is 106 cm³/mol. The lowest BCUT2D eigenvalue weighted by Crippen LogP contribution is -2.48. The lowest BCUT2D eigenvalue weighted by Gasteiger charge is -2.38. The summed E-state index contributed by atoms with van der Waals surface area (Å²) in [5, 5.41) is 0. The maximum atomic E-state index is 13.9. The van der Waals surface area contributed by atoms with Crippen molar-refractivity contribution in [2.45, 2.75) is 50.7 Å². The van der Waals surface area contributed by atoms with Gasteiger partial charge in [-0.2, -0.15) is 0 Å². The molecule has 0 aliphatic carbocycles. The number of aromatic nitrogens is 1. The third kappa shape index (κ3) is 3.51. The van der Waals surface area contributed by atoms with Crippen molar-refractivity contribution in [1.82, 2.24) is 9.88 Å². The molecule has 0 radical (unpaired) electrons. The highest BCUT2D eigenvalue weighted by Crippen LogP contribution is 2.48. The predicted octanol–water partition coefficient (Wildman–Crippen LogP) is 3.13. The van der Waals surface area contributed by atoms with E-state index in [1.807, 2.05) is 55.1 Å². The van der Waals surface area contributed by atoms with Crippen LogP contribution in [0.1, 0.15) is 37.4 Å². The number of rotatable bonds is 5. The number of benzene rings is 1. The highest BCUT2D eigenvalue weighted by atomic mass is 16.6. The number of hydrogen-bond donors (Lipinski definition) is 0. The number of carbonyl (C=O) groups excluding carboxylic acids is 1. The Hall–Kier alpha value is -2.44. The molecule has 1 amide bonds. The molecule has 6 heteroatoms. The summed E-state index contributed by atoms with van der Waals surface area (Å²) in [4.78, 5) is 20.0. The van der Waals surface area contributed by atoms with Crippen molar-refractivity contribution >= 4 is 5.91 Å². The van der Waals surface area contributed by atoms with Gasteiger partial charge in [0.05, 0.1) is 18.8 Å². The highest BCUT2D eigenvalue weighted by molar-refractivity contribution is 5.81. The van der Waals surface area contributed by atoms with Gasteiger partial charge in [-0.1, -0.05) is 18.2 Å². The van der Waals surface area contributed by atoms with Crippen LogP contribution in [0.3, 0.4) is 0 Å². The standard InChI is InChI=1S/C23H26N2O4/c1-23(2)25(21-18-5-3-4-6-19(18)28-14-20(21)29-23)22(26)16(12-17-13-27-17)11-15-7-9-24-10-8-15/h3-10,16-17,20-21H,11-14H2,1-2H3/t16-,17+,20-,21+/m1/s1. The van der Waals surface area contributed by atoms with Crippen molar-refractivity contribution in [2.24, 2.45) is 5.92 Å². The molecule has 1 aromatic carbocycles. The minimum Gasteiger partial charge on any atom is -0.490 e. The number of nitrogens with zero attached hydrogens (tertiary/aromatic N) is 2. The number of fused-ring (bicyclic) bond motifs is 3. The Morgan fingerprint density at radius 3 is 2.72 bits per heavy atom. The van der Waals surface area contributed by atoms with Crippen molar-refractivity contribution in [3.63, 3.8) is 0 Å². The van der Waals surface area contributed by atoms with Gasteiger partial charge in [0, 0.05) is 23.9 Å². The average Bonchev–Trinajstić information content (AvgIpc) is 3.48. The van der Waals surface area contributed by atoms with Crippen LogP contribution in [0.25, 0.3) is 0 Å². The first-order chi connectivity index (χ1) is 14.0. The summed E-state index contributed by atoms with van der Waals surface area (Å²) in [7, 11) is 0. The van der Waals surface area contributed by atoms with E-state index in [0.717, 1.165) is 29.9 Å². The number of amides is 1. The molecular formula is C23H26N2O4. The van der Waals surface area contributed by atoms with E-state index in [-0.39, 0.29) is 30.1 Å². The average molecular weight is 394 g/mol. The number of ether oxygens (including phenoxy) is 3. The minimum absolute atomic E-state index is 0.117. The fourth-order valence-corrected chi connectivity index (χ4v) is 4.68. The minimum atomic E-state index is -0.700. The highest BCUT2D eigenvalue weighted by Gasteiger charge is 2.54. The van der Waals surface area contributed by atoms with Gasteiger partial charge in [-0.3, -0.25) is 9.78 Å². The van der Waals surface area contributed by atoms with Crippen molar-refractivity contribution in [1.29, 1.82) is 0 Å². The third-order valence-electron chi connectivity index (χ3n) is 6.06. The summed E-state index contributed by atoms with van der Waals surface area (Å²) in [6.45, 7) is 5.14. The summed E-state index contributed by atoms with van der Waals surface area (Å²) in [5.41, 5.74) is 1.43. The SMILES string of the molecule is CC1(C)O[C@@H]2COc3ccccc3[C@@H]2N1C(=O)[C@H](Cc1ccncc1)C[C@H]1CO1. The van der Waals surface area contributed by atoms with Crippen molar-refractivity contribution in [3.05, 3.63) is 59.9 Å². The van der Waals surface area contributed by atoms with Crippen molar-refractivity contribution < 1.29 is 19.0 Å². The first-order valence-corrected chi connectivity index (χ1v) is 10.3. The summed E-state index contributed by atoms with van der Waals surface area (Å²) in [6, 6.07) is 11.8. The topological polar surface area (TPSA) is 64.2 Å². The smallest absolute Gasteiger partial charge is 0.228 e. The second-order valence-corrected chi connectivity index (χ2v) is 8.55. The first-order valence-electron chi connectivity index (χ1n) is 10.3. The number of carbonyl (C=O) groups is 1. The lowest BCUT2D eigenvalue weighted by atomic mass is 9.90. The van der Waals surface area contributed by atoms with E-state index in [1.54, 1.807) is 12.4 Å². The Balaban J connectivity index is 1.48. The molecule has 2 aromatic rings. The molecule has 0 spiro atoms. The van der Waals surface area contributed by atoms with Crippen molar-refractivity contribution in [2.75, 3.05) is 13.2 Å². The van der Waals surface area contributed by atoms with Gasteiger partial charge in [0.15, 0.2) is 0 Å². The van der Waals surface area contributed by atoms with Crippen LogP contribution in [0, 0.1) is 5.92 Å². The molecule has 1 aromatic heterocycles. The number of hydrogen-bond acceptors (Lipinski definition) is 5. The van der Waals surface area contributed by atoms with E-state index < -0.39 is 5.72 Å². The molecule has 2 saturated heterocycles. The molecular weight excluding hydrogens is 368 g/mol. The zero-order valence-electron chi connectivity index (χ0n) is 16.8. The largest absolute Gasteiger partial charge is 0.490 e. The van der Waals surface area contributed by atoms with Gasteiger partial charge in [0.1, 0.15) is 24.2 Å². The van der Waals surface area contributed by atoms with E-state index in [0.29, 0.717) is 13.0 Å². The lowest BCUT2D eigenvalue weighted by molar-refractivity contribution is -0.152. The van der Waals surface area contributed by atoms with Crippen LogP contribution in [-0.4, -0.2) is 46.9 Å². The Kier molecular flexibility index (Phi) is 4.56. The summed E-state index contributed by atoms with van der Waals surface area (Å²) in [6.07, 6.45) is 4.96. The van der Waals surface area contributed by atoms with Gasteiger partial charge in [-0.05, 0) is 50.5 Å². The Morgan fingerprint density at radius 1 is 1.21 bits per heavy atom. The van der Waals surface area contributed by atoms with Gasteiger partial charge < -0.3 is 19.1 Å². The second kappa shape index (κ2) is 7.11. The molecule has 0 saturated carbocycles. The van der Waals surface area contributed by atoms with Crippen LogP contribution in [-0.2, 0) is 20.7 Å². The molecule has 2 fully saturated rings. The molecule has 4 heterocycles. The fourth-order valence-electron chi connectivity index (χ4n) is 4.68. The summed E-state index contributed by atoms with van der Waals surface area (Å²) >= 11 is 0. The quantitative estimate of drug-likeness (QED) is 0.729. The fraction of sp³-hybridized carbons (Fsp3) is 0.478. The molecule has 5 rings (SSSR count). The Labute approximate surface area is 170 Å². The van der Waals surface area contributed by atoms with E-state index in [4.69, 9.17) is 14.2 Å². The Bertz CT molecular complexity index is 897. The first kappa shape index (κ1) is 18.6. The monoisotopic (exact) mass is 394 g/mol. The second-order valence-electron chi connectivity index (χ2n) is 8.55. The molecule has 6 nitrogen and oxygen atoms in total. The van der Waals surface area contributed by atoms with Crippen LogP contribution in [0.2, 0.25) is 0 Å². The van der Waals surface area contributed by atoms with Crippen molar-refractivity contribution in [3.8, 4) is 5.75 Å². The van der Waals surface area contributed by atoms with Gasteiger partial charge in [-0.15, -0.1) is 0 Å². The van der Waals surface area contributed by atoms with E-state index in [9.17, 15) is 4.79 Å². The molecule has 0 N–H and O–H groups in total. The third-order valence-corrected chi connectivity index (χ3v) is 6.06. The van der Waals surface area contributed by atoms with Crippen LogP contribution in [0.5, 0.6) is 5.75 Å². The van der Waals surface area contributed by atoms with Gasteiger partial charge in [-0.25, -0.2) is 0 Å². The maximum absolute atomic E-state index is 13.9. The van der Waals surface area contributed by atoms with Gasteiger partial charge in [0.2, 0.25) is 5.91 Å². The molecule has 152 valence electrons. The number of para-hydroxylation sites is 1. The van der Waals surface area contributed by atoms with E-state index >= 15 is 0 Å². The normalized spacial score (nSPS) is 27.5.